The molecular weight excluding hydrogens is 529 g/mol. The third-order valence-corrected chi connectivity index (χ3v) is 8.04. The van der Waals surface area contributed by atoms with Crippen molar-refractivity contribution in [1.29, 1.82) is 0 Å². The number of nitrogens with one attached hydrogen (secondary N) is 1. The third kappa shape index (κ3) is 4.88. The summed E-state index contributed by atoms with van der Waals surface area (Å²) in [7, 11) is 7.08. The van der Waals surface area contributed by atoms with Crippen LogP contribution in [0.1, 0.15) is 57.1 Å². The van der Waals surface area contributed by atoms with Gasteiger partial charge in [-0.2, -0.15) is 10.2 Å². The van der Waals surface area contributed by atoms with Crippen molar-refractivity contribution in [2.24, 2.45) is 7.05 Å². The maximum Gasteiger partial charge on any atom is 0.255 e. The molecule has 1 aromatic carbocycles. The molecule has 41 heavy (non-hydrogen) atoms. The van der Waals surface area contributed by atoms with E-state index >= 15 is 4.39 Å². The molecule has 0 bridgehead atoms. The molecular formula is C28H34FN9O3. The molecule has 0 unspecified atom stereocenters. The molecule has 1 saturated carbocycles. The summed E-state index contributed by atoms with van der Waals surface area (Å²) < 4.78 is 31.6. The minimum absolute atomic E-state index is 0.0739. The van der Waals surface area contributed by atoms with Crippen molar-refractivity contribution in [3.8, 4) is 11.4 Å². The van der Waals surface area contributed by atoms with E-state index in [2.05, 4.69) is 27.6 Å². The Morgan fingerprint density at radius 1 is 1.17 bits per heavy atom. The summed E-state index contributed by atoms with van der Waals surface area (Å²) in [5.41, 5.74) is 5.14. The van der Waals surface area contributed by atoms with Gasteiger partial charge < -0.3 is 19.7 Å². The molecule has 0 radical (unpaired) electrons. The van der Waals surface area contributed by atoms with E-state index in [0.717, 1.165) is 43.7 Å². The molecule has 3 aromatic heterocycles. The lowest BCUT2D eigenvalue weighted by molar-refractivity contribution is 0.0721. The lowest BCUT2D eigenvalue weighted by Crippen LogP contribution is -2.26. The molecule has 0 spiro atoms. The lowest BCUT2D eigenvalue weighted by atomic mass is 10.1. The van der Waals surface area contributed by atoms with Gasteiger partial charge in [0.15, 0.2) is 11.6 Å². The topological polar surface area (TPSA) is 117 Å². The van der Waals surface area contributed by atoms with Gasteiger partial charge >= 0.3 is 0 Å². The molecule has 4 heterocycles. The number of halogens is 1. The van der Waals surface area contributed by atoms with Crippen LogP contribution in [0.4, 0.5) is 4.39 Å². The molecule has 13 heteroatoms. The monoisotopic (exact) mass is 563 g/mol. The van der Waals surface area contributed by atoms with Crippen LogP contribution in [0.2, 0.25) is 0 Å². The highest BCUT2D eigenvalue weighted by Crippen LogP contribution is 2.49. The quantitative estimate of drug-likeness (QED) is 0.330. The Labute approximate surface area is 237 Å². The molecule has 1 fully saturated rings. The number of benzene rings is 1. The first-order valence-electron chi connectivity index (χ1n) is 13.6. The fraction of sp³-hybridized carbons (Fsp3) is 0.464. The van der Waals surface area contributed by atoms with Gasteiger partial charge in [0.1, 0.15) is 11.3 Å². The zero-order valence-corrected chi connectivity index (χ0v) is 23.9. The zero-order chi connectivity index (χ0) is 28.9. The first kappa shape index (κ1) is 27.1. The van der Waals surface area contributed by atoms with Gasteiger partial charge in [-0.3, -0.25) is 14.2 Å². The van der Waals surface area contributed by atoms with E-state index in [4.69, 9.17) is 19.7 Å². The Morgan fingerprint density at radius 2 is 1.98 bits per heavy atom. The molecule has 2 aliphatic rings. The van der Waals surface area contributed by atoms with Crippen molar-refractivity contribution in [2.45, 2.75) is 51.4 Å². The molecule has 12 nitrogen and oxygen atoms in total. The molecule has 6 rings (SSSR count). The van der Waals surface area contributed by atoms with E-state index in [1.165, 1.54) is 23.4 Å². The van der Waals surface area contributed by atoms with Crippen molar-refractivity contribution in [1.82, 2.24) is 44.8 Å². The van der Waals surface area contributed by atoms with Gasteiger partial charge in [0.25, 0.3) is 5.91 Å². The van der Waals surface area contributed by atoms with Gasteiger partial charge in [-0.15, -0.1) is 5.10 Å². The smallest absolute Gasteiger partial charge is 0.255 e. The van der Waals surface area contributed by atoms with E-state index in [-0.39, 0.29) is 23.8 Å². The highest BCUT2D eigenvalue weighted by molar-refractivity contribution is 5.95. The lowest BCUT2D eigenvalue weighted by Gasteiger charge is -2.22. The fourth-order valence-electron chi connectivity index (χ4n) is 5.56. The number of fused-ring (bicyclic) bond motifs is 1. The molecule has 1 aliphatic carbocycles. The van der Waals surface area contributed by atoms with E-state index < -0.39 is 11.4 Å². The largest absolute Gasteiger partial charge is 0.494 e. The summed E-state index contributed by atoms with van der Waals surface area (Å²) in [6.45, 7) is 3.96. The van der Waals surface area contributed by atoms with Gasteiger partial charge in [-0.25, -0.2) is 9.07 Å². The summed E-state index contributed by atoms with van der Waals surface area (Å²) in [5.74, 6) is -0.870. The predicted octanol–water partition coefficient (Wildman–Crippen LogP) is 2.26. The van der Waals surface area contributed by atoms with E-state index in [9.17, 15) is 4.79 Å². The SMILES string of the molecule is COc1ccc(-n2cc(C)nn2)c(CNC(=O)c2cn(Cc3c4c(nn3C)CCN(C)C4)nc2C2(OC)CC2)c1F. The maximum atomic E-state index is 15.4. The number of aromatic nitrogens is 7. The standard InChI is InChI=1S/C28H34FN9O3/c1-17-13-38(34-31-17)22-6-7-24(40-4)25(29)18(22)12-30-27(39)20-15-37(33-26(20)28(41-5)9-10-28)16-23-19-14-35(2)11-8-21(19)32-36(23)3/h6-7,13,15H,8-12,14,16H2,1-5H3,(H,30,39). The number of likely N-dealkylation sites (N-methyl/N-ethyl adjacent to an activating group) is 1. The van der Waals surface area contributed by atoms with Crippen LogP contribution in [0.3, 0.4) is 0 Å². The second-order valence-corrected chi connectivity index (χ2v) is 10.8. The number of nitrogens with zero attached hydrogens (tertiary/aromatic N) is 8. The maximum absolute atomic E-state index is 15.4. The minimum Gasteiger partial charge on any atom is -0.494 e. The van der Waals surface area contributed by atoms with Crippen LogP contribution in [-0.2, 0) is 43.4 Å². The van der Waals surface area contributed by atoms with Crippen LogP contribution in [0.25, 0.3) is 5.69 Å². The number of amides is 1. The molecule has 216 valence electrons. The summed E-state index contributed by atoms with van der Waals surface area (Å²) in [4.78, 5) is 15.9. The van der Waals surface area contributed by atoms with Crippen molar-refractivity contribution >= 4 is 5.91 Å². The first-order valence-corrected chi connectivity index (χ1v) is 13.6. The number of hydrogen-bond donors (Lipinski definition) is 1. The summed E-state index contributed by atoms with van der Waals surface area (Å²) in [6, 6.07) is 3.22. The Balaban J connectivity index is 1.30. The van der Waals surface area contributed by atoms with Crippen molar-refractivity contribution in [2.75, 3.05) is 27.8 Å². The Hall–Kier alpha value is -4.10. The summed E-state index contributed by atoms with van der Waals surface area (Å²) >= 11 is 0. The van der Waals surface area contributed by atoms with E-state index in [1.807, 2.05) is 11.7 Å². The second kappa shape index (κ2) is 10.4. The van der Waals surface area contributed by atoms with Crippen LogP contribution < -0.4 is 10.1 Å². The average molecular weight is 564 g/mol. The molecule has 4 aromatic rings. The van der Waals surface area contributed by atoms with Gasteiger partial charge in [-0.1, -0.05) is 5.21 Å². The number of aryl methyl sites for hydroxylation is 2. The Kier molecular flexibility index (Phi) is 6.86. The Morgan fingerprint density at radius 3 is 2.66 bits per heavy atom. The van der Waals surface area contributed by atoms with Gasteiger partial charge in [-0.05, 0) is 38.9 Å². The van der Waals surface area contributed by atoms with E-state index in [0.29, 0.717) is 29.2 Å². The number of rotatable bonds is 9. The highest BCUT2D eigenvalue weighted by atomic mass is 19.1. The van der Waals surface area contributed by atoms with Crippen LogP contribution >= 0.6 is 0 Å². The predicted molar refractivity (Wildman–Crippen MR) is 146 cm³/mol. The highest BCUT2D eigenvalue weighted by Gasteiger charge is 2.49. The normalized spacial score (nSPS) is 16.0. The van der Waals surface area contributed by atoms with Crippen LogP contribution in [0.5, 0.6) is 5.75 Å². The second-order valence-electron chi connectivity index (χ2n) is 10.8. The molecule has 1 aliphatic heterocycles. The summed E-state index contributed by atoms with van der Waals surface area (Å²) in [6.07, 6.45) is 5.89. The zero-order valence-electron chi connectivity index (χ0n) is 23.9. The number of methoxy groups -OCH3 is 2. The van der Waals surface area contributed by atoms with Crippen LogP contribution in [-0.4, -0.2) is 73.2 Å². The van der Waals surface area contributed by atoms with Gasteiger partial charge in [0, 0.05) is 57.5 Å². The van der Waals surface area contributed by atoms with Crippen molar-refractivity contribution in [3.05, 3.63) is 69.8 Å². The number of carbonyl (C=O) groups is 1. The van der Waals surface area contributed by atoms with Gasteiger partial charge in [0.05, 0.1) is 48.2 Å². The molecule has 1 N–H and O–H groups in total. The van der Waals surface area contributed by atoms with E-state index in [1.54, 1.807) is 37.2 Å². The number of ether oxygens (including phenoxy) is 2. The first-order chi connectivity index (χ1) is 19.7. The van der Waals surface area contributed by atoms with Gasteiger partial charge in [0.2, 0.25) is 0 Å². The number of hydrogen-bond acceptors (Lipinski definition) is 8. The van der Waals surface area contributed by atoms with Crippen LogP contribution in [0, 0.1) is 12.7 Å². The molecule has 1 amide bonds. The molecule has 0 atom stereocenters. The Bertz CT molecular complexity index is 1620. The minimum atomic E-state index is -0.603. The fourth-order valence-corrected chi connectivity index (χ4v) is 5.56. The number of carbonyl (C=O) groups excluding carboxylic acids is 1. The van der Waals surface area contributed by atoms with Crippen LogP contribution in [0.15, 0.2) is 24.5 Å². The summed E-state index contributed by atoms with van der Waals surface area (Å²) in [5, 5.41) is 20.6. The molecule has 0 saturated heterocycles. The average Bonchev–Trinajstić information content (AvgIpc) is 3.27. The van der Waals surface area contributed by atoms with Crippen molar-refractivity contribution < 1.29 is 18.7 Å². The van der Waals surface area contributed by atoms with Crippen molar-refractivity contribution in [3.63, 3.8) is 0 Å². The third-order valence-electron chi connectivity index (χ3n) is 8.04.